The van der Waals surface area contributed by atoms with Crippen LogP contribution in [0.15, 0.2) is 52.3 Å². The van der Waals surface area contributed by atoms with Crippen LogP contribution in [0.5, 0.6) is 0 Å². The fourth-order valence-electron chi connectivity index (χ4n) is 3.06. The molecular formula is C19H17N3O3S. The van der Waals surface area contributed by atoms with Crippen LogP contribution in [0.25, 0.3) is 16.9 Å². The van der Waals surface area contributed by atoms with Crippen LogP contribution in [-0.2, 0) is 17.5 Å². The fourth-order valence-corrected chi connectivity index (χ4v) is 4.12. The van der Waals surface area contributed by atoms with E-state index in [-0.39, 0.29) is 5.56 Å². The van der Waals surface area contributed by atoms with Crippen molar-refractivity contribution < 1.29 is 9.53 Å². The first kappa shape index (κ1) is 16.7. The van der Waals surface area contributed by atoms with E-state index >= 15 is 0 Å². The summed E-state index contributed by atoms with van der Waals surface area (Å²) in [6.07, 6.45) is 1.72. The van der Waals surface area contributed by atoms with E-state index in [1.165, 1.54) is 10.6 Å². The highest BCUT2D eigenvalue weighted by molar-refractivity contribution is 7.98. The summed E-state index contributed by atoms with van der Waals surface area (Å²) in [6.45, 7) is 2.07. The van der Waals surface area contributed by atoms with E-state index in [1.807, 2.05) is 18.2 Å². The fraction of sp³-hybridized carbons (Fsp3) is 0.211. The highest BCUT2D eigenvalue weighted by Gasteiger charge is 2.29. The monoisotopic (exact) mass is 367 g/mol. The Bertz CT molecular complexity index is 1070. The van der Waals surface area contributed by atoms with Crippen molar-refractivity contribution in [3.8, 4) is 16.9 Å². The zero-order valence-electron chi connectivity index (χ0n) is 14.4. The van der Waals surface area contributed by atoms with Gasteiger partial charge in [-0.05, 0) is 19.1 Å². The minimum absolute atomic E-state index is 0.101. The Morgan fingerprint density at radius 1 is 1.27 bits per heavy atom. The molecule has 1 aliphatic rings. The number of benzene rings is 1. The first-order chi connectivity index (χ1) is 12.6. The van der Waals surface area contributed by atoms with Gasteiger partial charge in [0.15, 0.2) is 5.69 Å². The van der Waals surface area contributed by atoms with Crippen LogP contribution in [0.2, 0.25) is 0 Å². The summed E-state index contributed by atoms with van der Waals surface area (Å²) < 4.78 is 8.43. The SMILES string of the molecule is CCOC(=O)c1nn(-c2ccc(=O)n(C)c2)c2c1CSc1ccccc1-2. The van der Waals surface area contributed by atoms with Crippen molar-refractivity contribution in [1.29, 1.82) is 0 Å². The van der Waals surface area contributed by atoms with E-state index in [0.717, 1.165) is 27.4 Å². The smallest absolute Gasteiger partial charge is 0.359 e. The number of rotatable bonds is 3. The number of pyridine rings is 1. The molecule has 0 saturated heterocycles. The van der Waals surface area contributed by atoms with E-state index in [1.54, 1.807) is 42.7 Å². The third kappa shape index (κ3) is 2.64. The Kier molecular flexibility index (Phi) is 4.16. The number of thioether (sulfide) groups is 1. The van der Waals surface area contributed by atoms with Gasteiger partial charge in [-0.2, -0.15) is 5.10 Å². The van der Waals surface area contributed by atoms with Gasteiger partial charge in [0.2, 0.25) is 5.56 Å². The number of hydrogen-bond donors (Lipinski definition) is 0. The number of hydrogen-bond acceptors (Lipinski definition) is 5. The lowest BCUT2D eigenvalue weighted by Crippen LogP contribution is -2.16. The molecule has 3 aromatic rings. The molecule has 0 radical (unpaired) electrons. The summed E-state index contributed by atoms with van der Waals surface area (Å²) in [7, 11) is 1.69. The van der Waals surface area contributed by atoms with E-state index in [4.69, 9.17) is 4.74 Å². The lowest BCUT2D eigenvalue weighted by Gasteiger charge is -2.18. The van der Waals surface area contributed by atoms with Crippen LogP contribution in [0.4, 0.5) is 0 Å². The van der Waals surface area contributed by atoms with Crippen LogP contribution in [0, 0.1) is 0 Å². The Hall–Kier alpha value is -2.80. The van der Waals surface area contributed by atoms with Crippen molar-refractivity contribution in [1.82, 2.24) is 14.3 Å². The second kappa shape index (κ2) is 6.49. The molecule has 0 atom stereocenters. The van der Waals surface area contributed by atoms with Crippen LogP contribution < -0.4 is 5.56 Å². The minimum atomic E-state index is -0.424. The van der Waals surface area contributed by atoms with Gasteiger partial charge in [0.25, 0.3) is 0 Å². The number of aryl methyl sites for hydroxylation is 1. The Morgan fingerprint density at radius 2 is 2.08 bits per heavy atom. The number of carbonyl (C=O) groups excluding carboxylic acids is 1. The number of aromatic nitrogens is 3. The first-order valence-electron chi connectivity index (χ1n) is 8.28. The summed E-state index contributed by atoms with van der Waals surface area (Å²) in [6, 6.07) is 11.3. The summed E-state index contributed by atoms with van der Waals surface area (Å²) in [4.78, 5) is 25.3. The van der Waals surface area contributed by atoms with Crippen molar-refractivity contribution in [3.05, 3.63) is 64.2 Å². The molecular weight excluding hydrogens is 350 g/mol. The zero-order valence-corrected chi connectivity index (χ0v) is 15.2. The molecule has 7 heteroatoms. The number of fused-ring (bicyclic) bond motifs is 3. The summed E-state index contributed by atoms with van der Waals surface area (Å²) in [5.41, 5.74) is 3.72. The lowest BCUT2D eigenvalue weighted by molar-refractivity contribution is 0.0518. The Labute approximate surface area is 154 Å². The van der Waals surface area contributed by atoms with Crippen LogP contribution in [0.3, 0.4) is 0 Å². The highest BCUT2D eigenvalue weighted by atomic mass is 32.2. The maximum atomic E-state index is 12.4. The average molecular weight is 367 g/mol. The molecule has 132 valence electrons. The summed E-state index contributed by atoms with van der Waals surface area (Å²) in [5, 5.41) is 4.56. The summed E-state index contributed by atoms with van der Waals surface area (Å²) >= 11 is 1.68. The maximum absolute atomic E-state index is 12.4. The molecule has 2 aromatic heterocycles. The van der Waals surface area contributed by atoms with Gasteiger partial charge in [0.05, 0.1) is 18.0 Å². The second-order valence-corrected chi connectivity index (χ2v) is 6.95. The third-order valence-corrected chi connectivity index (χ3v) is 5.38. The van der Waals surface area contributed by atoms with Gasteiger partial charge in [0, 0.05) is 41.1 Å². The lowest BCUT2D eigenvalue weighted by atomic mass is 10.1. The Morgan fingerprint density at radius 3 is 2.85 bits per heavy atom. The largest absolute Gasteiger partial charge is 0.461 e. The van der Waals surface area contributed by atoms with Crippen LogP contribution in [0.1, 0.15) is 23.0 Å². The molecule has 0 fully saturated rings. The molecule has 6 nitrogen and oxygen atoms in total. The molecule has 0 aliphatic carbocycles. The molecule has 3 heterocycles. The van der Waals surface area contributed by atoms with Crippen molar-refractivity contribution in [2.24, 2.45) is 7.05 Å². The highest BCUT2D eigenvalue weighted by Crippen LogP contribution is 2.43. The van der Waals surface area contributed by atoms with E-state index in [9.17, 15) is 9.59 Å². The van der Waals surface area contributed by atoms with Crippen LogP contribution in [-0.4, -0.2) is 26.9 Å². The molecule has 0 N–H and O–H groups in total. The van der Waals surface area contributed by atoms with Crippen LogP contribution >= 0.6 is 11.8 Å². The molecule has 1 aliphatic heterocycles. The van der Waals surface area contributed by atoms with Gasteiger partial charge in [-0.3, -0.25) is 4.79 Å². The van der Waals surface area contributed by atoms with Gasteiger partial charge >= 0.3 is 5.97 Å². The van der Waals surface area contributed by atoms with E-state index in [0.29, 0.717) is 18.1 Å². The van der Waals surface area contributed by atoms with Gasteiger partial charge in [-0.15, -0.1) is 11.8 Å². The maximum Gasteiger partial charge on any atom is 0.359 e. The second-order valence-electron chi connectivity index (χ2n) is 5.93. The van der Waals surface area contributed by atoms with Gasteiger partial charge < -0.3 is 9.30 Å². The summed E-state index contributed by atoms with van der Waals surface area (Å²) in [5.74, 6) is 0.221. The quantitative estimate of drug-likeness (QED) is 0.666. The average Bonchev–Trinajstić information content (AvgIpc) is 3.04. The number of nitrogens with zero attached hydrogens (tertiary/aromatic N) is 3. The predicted molar refractivity (Wildman–Crippen MR) is 99.8 cm³/mol. The molecule has 26 heavy (non-hydrogen) atoms. The molecule has 0 spiro atoms. The van der Waals surface area contributed by atoms with Crippen molar-refractivity contribution in [2.75, 3.05) is 6.61 Å². The first-order valence-corrected chi connectivity index (χ1v) is 9.27. The van der Waals surface area contributed by atoms with Crippen molar-refractivity contribution >= 4 is 17.7 Å². The topological polar surface area (TPSA) is 66.1 Å². The molecule has 0 saturated carbocycles. The van der Waals surface area contributed by atoms with Gasteiger partial charge in [-0.1, -0.05) is 18.2 Å². The predicted octanol–water partition coefficient (Wildman–Crippen LogP) is 3.02. The van der Waals surface area contributed by atoms with Gasteiger partial charge in [-0.25, -0.2) is 9.48 Å². The van der Waals surface area contributed by atoms with Crippen molar-refractivity contribution in [2.45, 2.75) is 17.6 Å². The van der Waals surface area contributed by atoms with Gasteiger partial charge in [0.1, 0.15) is 0 Å². The van der Waals surface area contributed by atoms with E-state index < -0.39 is 5.97 Å². The minimum Gasteiger partial charge on any atom is -0.461 e. The standard InChI is InChI=1S/C19H17N3O3S/c1-3-25-19(24)17-14-11-26-15-7-5-4-6-13(15)18(14)22(20-17)12-8-9-16(23)21(2)10-12/h4-10H,3,11H2,1-2H3. The molecule has 0 bridgehead atoms. The molecule has 4 rings (SSSR count). The number of esters is 1. The number of ether oxygens (including phenoxy) is 1. The molecule has 0 amide bonds. The third-order valence-electron chi connectivity index (χ3n) is 4.28. The number of carbonyl (C=O) groups is 1. The normalized spacial score (nSPS) is 12.4. The zero-order chi connectivity index (χ0) is 18.3. The van der Waals surface area contributed by atoms with E-state index in [2.05, 4.69) is 11.2 Å². The Balaban J connectivity index is 1.99. The molecule has 1 aromatic carbocycles. The molecule has 0 unspecified atom stereocenters. The van der Waals surface area contributed by atoms with Crippen molar-refractivity contribution in [3.63, 3.8) is 0 Å².